The number of carbonyl (C=O) groups excluding carboxylic acids is 3. The molecule has 6 rings (SSSR count). The van der Waals surface area contributed by atoms with Crippen molar-refractivity contribution in [3.05, 3.63) is 96.1 Å². The van der Waals surface area contributed by atoms with Crippen LogP contribution in [0.1, 0.15) is 25.0 Å². The molecule has 4 aliphatic heterocycles. The van der Waals surface area contributed by atoms with Crippen molar-refractivity contribution in [3.8, 4) is 0 Å². The van der Waals surface area contributed by atoms with Crippen LogP contribution >= 0.6 is 0 Å². The normalized spacial score (nSPS) is 29.9. The molecule has 0 aliphatic carbocycles. The van der Waals surface area contributed by atoms with E-state index in [0.29, 0.717) is 26.1 Å². The zero-order chi connectivity index (χ0) is 28.7. The molecule has 4 heterocycles. The second-order valence-electron chi connectivity index (χ2n) is 11.7. The maximum Gasteiger partial charge on any atom is 0.249 e. The van der Waals surface area contributed by atoms with Crippen LogP contribution in [0.25, 0.3) is 0 Å². The van der Waals surface area contributed by atoms with Crippen molar-refractivity contribution in [1.29, 1.82) is 0 Å². The Bertz CT molecular complexity index is 1360. The van der Waals surface area contributed by atoms with Gasteiger partial charge in [0.15, 0.2) is 0 Å². The maximum atomic E-state index is 14.6. The van der Waals surface area contributed by atoms with Gasteiger partial charge in [0.25, 0.3) is 0 Å². The number of benzene rings is 2. The number of fused-ring (bicyclic) bond motifs is 2. The molecular weight excluding hydrogens is 518 g/mol. The molecule has 41 heavy (non-hydrogen) atoms. The van der Waals surface area contributed by atoms with E-state index in [-0.39, 0.29) is 30.4 Å². The van der Waals surface area contributed by atoms with Gasteiger partial charge in [0.05, 0.1) is 30.6 Å². The van der Waals surface area contributed by atoms with Gasteiger partial charge in [-0.15, -0.1) is 0 Å². The van der Waals surface area contributed by atoms with Crippen LogP contribution in [-0.4, -0.2) is 87.1 Å². The molecule has 4 aliphatic rings. The molecule has 214 valence electrons. The lowest BCUT2D eigenvalue weighted by atomic mass is 9.77. The van der Waals surface area contributed by atoms with E-state index < -0.39 is 35.6 Å². The SMILES string of the molecule is CC(C)N1CC=C[C@]23O[C@H]4C=CCN(Cc5ccccc5)C(=O)[C@H]4[C@H]2C(=O)N([C@@H](CO)Cc2ccccc2)C3C1=O. The molecule has 8 heteroatoms. The van der Waals surface area contributed by atoms with E-state index in [1.165, 1.54) is 0 Å². The van der Waals surface area contributed by atoms with E-state index in [2.05, 4.69) is 0 Å². The predicted molar refractivity (Wildman–Crippen MR) is 153 cm³/mol. The molecule has 8 nitrogen and oxygen atoms in total. The van der Waals surface area contributed by atoms with Crippen molar-refractivity contribution in [2.24, 2.45) is 11.8 Å². The summed E-state index contributed by atoms with van der Waals surface area (Å²) in [6, 6.07) is 17.7. The summed E-state index contributed by atoms with van der Waals surface area (Å²) < 4.78 is 6.74. The summed E-state index contributed by atoms with van der Waals surface area (Å²) in [5.41, 5.74) is 0.635. The minimum Gasteiger partial charge on any atom is -0.394 e. The smallest absolute Gasteiger partial charge is 0.249 e. The number of amides is 3. The maximum absolute atomic E-state index is 14.6. The Balaban J connectivity index is 1.42. The summed E-state index contributed by atoms with van der Waals surface area (Å²) in [5.74, 6) is -2.36. The van der Waals surface area contributed by atoms with Gasteiger partial charge in [-0.2, -0.15) is 0 Å². The third kappa shape index (κ3) is 4.59. The average Bonchev–Trinajstić information content (AvgIpc) is 3.30. The number of nitrogens with zero attached hydrogens (tertiary/aromatic N) is 3. The Hall–Kier alpha value is -3.75. The van der Waals surface area contributed by atoms with Crippen LogP contribution in [0.15, 0.2) is 85.0 Å². The van der Waals surface area contributed by atoms with Crippen LogP contribution in [-0.2, 0) is 32.1 Å². The van der Waals surface area contributed by atoms with Gasteiger partial charge in [0.2, 0.25) is 17.7 Å². The molecule has 2 saturated heterocycles. The fourth-order valence-electron chi connectivity index (χ4n) is 7.09. The first kappa shape index (κ1) is 27.4. The molecule has 2 aromatic rings. The van der Waals surface area contributed by atoms with Gasteiger partial charge in [-0.3, -0.25) is 14.4 Å². The molecule has 0 bridgehead atoms. The summed E-state index contributed by atoms with van der Waals surface area (Å²) in [6.45, 7) is 4.78. The number of hydrogen-bond acceptors (Lipinski definition) is 5. The van der Waals surface area contributed by atoms with Gasteiger partial charge in [0.1, 0.15) is 11.6 Å². The number of hydrogen-bond donors (Lipinski definition) is 1. The highest BCUT2D eigenvalue weighted by Gasteiger charge is 2.72. The molecule has 1 N–H and O–H groups in total. The fourth-order valence-corrected chi connectivity index (χ4v) is 7.09. The van der Waals surface area contributed by atoms with Crippen LogP contribution in [0.3, 0.4) is 0 Å². The second-order valence-corrected chi connectivity index (χ2v) is 11.7. The van der Waals surface area contributed by atoms with Crippen molar-refractivity contribution >= 4 is 17.7 Å². The Morgan fingerprint density at radius 3 is 2.24 bits per heavy atom. The minimum absolute atomic E-state index is 0.102. The fraction of sp³-hybridized carbons (Fsp3) is 0.424. The summed E-state index contributed by atoms with van der Waals surface area (Å²) in [4.78, 5) is 48.2. The second kappa shape index (κ2) is 10.9. The summed E-state index contributed by atoms with van der Waals surface area (Å²) in [5, 5.41) is 10.6. The molecule has 3 amide bonds. The van der Waals surface area contributed by atoms with Gasteiger partial charge in [-0.1, -0.05) is 85.0 Å². The predicted octanol–water partition coefficient (Wildman–Crippen LogP) is 2.58. The van der Waals surface area contributed by atoms with Crippen molar-refractivity contribution < 1.29 is 24.2 Å². The average molecular weight is 556 g/mol. The van der Waals surface area contributed by atoms with Crippen LogP contribution in [0.4, 0.5) is 0 Å². The highest BCUT2D eigenvalue weighted by atomic mass is 16.5. The van der Waals surface area contributed by atoms with Crippen molar-refractivity contribution in [2.45, 2.75) is 56.6 Å². The van der Waals surface area contributed by atoms with E-state index in [0.717, 1.165) is 11.1 Å². The van der Waals surface area contributed by atoms with Crippen molar-refractivity contribution in [3.63, 3.8) is 0 Å². The first-order chi connectivity index (χ1) is 19.9. The van der Waals surface area contributed by atoms with Gasteiger partial charge in [-0.05, 0) is 31.4 Å². The number of aliphatic hydroxyl groups excluding tert-OH is 1. The van der Waals surface area contributed by atoms with Crippen LogP contribution in [0.5, 0.6) is 0 Å². The van der Waals surface area contributed by atoms with E-state index in [9.17, 15) is 19.5 Å². The number of ether oxygens (including phenoxy) is 1. The van der Waals surface area contributed by atoms with Crippen molar-refractivity contribution in [2.75, 3.05) is 19.7 Å². The van der Waals surface area contributed by atoms with Gasteiger partial charge in [0, 0.05) is 25.7 Å². The lowest BCUT2D eigenvalue weighted by molar-refractivity contribution is -0.152. The standard InChI is InChI=1S/C33H37N3O5/c1-22(2)35-18-10-16-33-28(27-26(41-33)15-9-17-34(30(27)38)20-24-13-7-4-8-14-24)31(39)36(29(33)32(35)40)25(21-37)19-23-11-5-3-6-12-23/h3-16,22,25-29,37H,17-21H2,1-2H3/t25-,26+,27-,28+,29?,33+/m1/s1. The summed E-state index contributed by atoms with van der Waals surface area (Å²) >= 11 is 0. The van der Waals surface area contributed by atoms with E-state index in [1.807, 2.05) is 98.8 Å². The first-order valence-electron chi connectivity index (χ1n) is 14.5. The quantitative estimate of drug-likeness (QED) is 0.531. The molecule has 1 unspecified atom stereocenters. The molecule has 2 aromatic carbocycles. The topological polar surface area (TPSA) is 90.4 Å². The largest absolute Gasteiger partial charge is 0.394 e. The van der Waals surface area contributed by atoms with Crippen molar-refractivity contribution in [1.82, 2.24) is 14.7 Å². The first-order valence-corrected chi connectivity index (χ1v) is 14.5. The molecule has 2 fully saturated rings. The molecular formula is C33H37N3O5. The number of rotatable bonds is 7. The number of likely N-dealkylation sites (tertiary alicyclic amines) is 1. The molecule has 1 spiro atoms. The molecule has 6 atom stereocenters. The Labute approximate surface area is 240 Å². The number of aliphatic hydroxyl groups is 1. The summed E-state index contributed by atoms with van der Waals surface area (Å²) in [6.07, 6.45) is 7.30. The zero-order valence-electron chi connectivity index (χ0n) is 23.5. The monoisotopic (exact) mass is 555 g/mol. The van der Waals surface area contributed by atoms with Gasteiger partial charge < -0.3 is 24.5 Å². The van der Waals surface area contributed by atoms with Crippen LogP contribution in [0, 0.1) is 11.8 Å². The lowest BCUT2D eigenvalue weighted by Gasteiger charge is -2.39. The molecule has 0 saturated carbocycles. The Kier molecular flexibility index (Phi) is 7.30. The van der Waals surface area contributed by atoms with E-state index in [1.54, 1.807) is 14.7 Å². The van der Waals surface area contributed by atoms with Gasteiger partial charge in [-0.25, -0.2) is 0 Å². The Morgan fingerprint density at radius 1 is 0.902 bits per heavy atom. The van der Waals surface area contributed by atoms with Crippen LogP contribution in [0.2, 0.25) is 0 Å². The summed E-state index contributed by atoms with van der Waals surface area (Å²) in [7, 11) is 0. The number of carbonyl (C=O) groups is 3. The molecule has 0 radical (unpaired) electrons. The molecule has 0 aromatic heterocycles. The lowest BCUT2D eigenvalue weighted by Crippen LogP contribution is -2.59. The van der Waals surface area contributed by atoms with E-state index in [4.69, 9.17) is 4.74 Å². The zero-order valence-corrected chi connectivity index (χ0v) is 23.5. The minimum atomic E-state index is -1.31. The Morgan fingerprint density at radius 2 is 1.59 bits per heavy atom. The highest BCUT2D eigenvalue weighted by Crippen LogP contribution is 2.54. The third-order valence-electron chi connectivity index (χ3n) is 8.97. The van der Waals surface area contributed by atoms with Gasteiger partial charge >= 0.3 is 0 Å². The highest BCUT2D eigenvalue weighted by molar-refractivity contribution is 6.00. The van der Waals surface area contributed by atoms with Crippen LogP contribution < -0.4 is 0 Å². The van der Waals surface area contributed by atoms with E-state index >= 15 is 0 Å². The third-order valence-corrected chi connectivity index (χ3v) is 8.97.